The van der Waals surface area contributed by atoms with Gasteiger partial charge in [0, 0.05) is 12.6 Å². The summed E-state index contributed by atoms with van der Waals surface area (Å²) in [6, 6.07) is 16.7. The van der Waals surface area contributed by atoms with Gasteiger partial charge >= 0.3 is 0 Å². The van der Waals surface area contributed by atoms with E-state index < -0.39 is 54.2 Å². The Labute approximate surface area is 244 Å². The summed E-state index contributed by atoms with van der Waals surface area (Å²) in [6.07, 6.45) is -3.95. The number of aliphatic hydroxyl groups excluding tert-OH is 2. The predicted molar refractivity (Wildman–Crippen MR) is 155 cm³/mol. The van der Waals surface area contributed by atoms with Crippen molar-refractivity contribution in [1.29, 1.82) is 0 Å². The topological polar surface area (TPSA) is 128 Å². The summed E-state index contributed by atoms with van der Waals surface area (Å²) in [7, 11) is 0. The zero-order valence-corrected chi connectivity index (χ0v) is 23.8. The quantitative estimate of drug-likeness (QED) is 0.211. The van der Waals surface area contributed by atoms with Gasteiger partial charge in [0.2, 0.25) is 11.8 Å². The summed E-state index contributed by atoms with van der Waals surface area (Å²) < 4.78 is 27.9. The van der Waals surface area contributed by atoms with E-state index in [2.05, 4.69) is 16.0 Å². The first-order valence-corrected chi connectivity index (χ1v) is 13.8. The predicted octanol–water partition coefficient (Wildman–Crippen LogP) is 3.42. The molecule has 0 heterocycles. The number of benzene rings is 3. The van der Waals surface area contributed by atoms with Gasteiger partial charge in [-0.05, 0) is 53.6 Å². The monoisotopic (exact) mass is 581 g/mol. The van der Waals surface area contributed by atoms with Gasteiger partial charge in [0.15, 0.2) is 6.10 Å². The minimum atomic E-state index is -1.66. The van der Waals surface area contributed by atoms with Gasteiger partial charge in [0.05, 0.1) is 18.6 Å². The van der Waals surface area contributed by atoms with Crippen molar-refractivity contribution < 1.29 is 33.4 Å². The van der Waals surface area contributed by atoms with E-state index in [9.17, 15) is 33.4 Å². The number of hydrogen-bond acceptors (Lipinski definition) is 5. The van der Waals surface area contributed by atoms with Crippen LogP contribution in [0.1, 0.15) is 44.4 Å². The van der Waals surface area contributed by atoms with Crippen LogP contribution in [0.4, 0.5) is 8.78 Å². The molecule has 0 aromatic heterocycles. The average molecular weight is 582 g/mol. The molecule has 3 rings (SSSR count). The highest BCUT2D eigenvalue weighted by molar-refractivity contribution is 5.88. The lowest BCUT2D eigenvalue weighted by molar-refractivity contribution is -0.133. The molecule has 8 nitrogen and oxygen atoms in total. The second-order valence-electron chi connectivity index (χ2n) is 10.4. The summed E-state index contributed by atoms with van der Waals surface area (Å²) in [6.45, 7) is 5.63. The molecule has 224 valence electrons. The Morgan fingerprint density at radius 2 is 1.45 bits per heavy atom. The maximum atomic E-state index is 13.9. The fraction of sp³-hybridized carbons (Fsp3) is 0.344. The first-order chi connectivity index (χ1) is 20.0. The Balaban J connectivity index is 1.83. The largest absolute Gasteiger partial charge is 0.390 e. The molecule has 0 saturated heterocycles. The number of hydrogen-bond donors (Lipinski definition) is 5. The number of amides is 3. The fourth-order valence-electron chi connectivity index (χ4n) is 4.67. The van der Waals surface area contributed by atoms with Crippen molar-refractivity contribution in [3.63, 3.8) is 0 Å². The van der Waals surface area contributed by atoms with E-state index in [-0.39, 0.29) is 23.8 Å². The third kappa shape index (κ3) is 8.92. The van der Waals surface area contributed by atoms with E-state index >= 15 is 0 Å². The van der Waals surface area contributed by atoms with Crippen LogP contribution in [-0.4, -0.2) is 52.7 Å². The first-order valence-electron chi connectivity index (χ1n) is 13.8. The summed E-state index contributed by atoms with van der Waals surface area (Å²) in [5.41, 5.74) is 1.83. The zero-order chi connectivity index (χ0) is 30.8. The molecule has 3 aromatic rings. The fourth-order valence-corrected chi connectivity index (χ4v) is 4.67. The highest BCUT2D eigenvalue weighted by atomic mass is 19.1. The highest BCUT2D eigenvalue weighted by Crippen LogP contribution is 2.28. The molecule has 42 heavy (non-hydrogen) atoms. The molecule has 10 heteroatoms. The third-order valence-electron chi connectivity index (χ3n) is 6.77. The average Bonchev–Trinajstić information content (AvgIpc) is 2.95. The maximum Gasteiger partial charge on any atom is 0.253 e. The minimum Gasteiger partial charge on any atom is -0.390 e. The summed E-state index contributed by atoms with van der Waals surface area (Å²) >= 11 is 0. The molecular formula is C32H37F2N3O5. The molecule has 0 bridgehead atoms. The van der Waals surface area contributed by atoms with E-state index in [0.717, 1.165) is 17.7 Å². The lowest BCUT2D eigenvalue weighted by Gasteiger charge is -2.27. The molecule has 0 aliphatic rings. The number of rotatable bonds is 13. The maximum absolute atomic E-state index is 13.9. The molecule has 0 aliphatic carbocycles. The molecule has 3 aromatic carbocycles. The van der Waals surface area contributed by atoms with Gasteiger partial charge in [-0.3, -0.25) is 14.4 Å². The summed E-state index contributed by atoms with van der Waals surface area (Å²) in [5, 5.41) is 29.9. The second kappa shape index (κ2) is 15.2. The number of halogens is 2. The first kappa shape index (κ1) is 32.4. The van der Waals surface area contributed by atoms with E-state index in [1.165, 1.54) is 0 Å². The molecule has 0 aliphatic heterocycles. The normalized spacial score (nSPS) is 14.0. The van der Waals surface area contributed by atoms with Crippen LogP contribution in [0, 0.1) is 17.6 Å². The highest BCUT2D eigenvalue weighted by Gasteiger charge is 2.30. The van der Waals surface area contributed by atoms with Crippen molar-refractivity contribution >= 4 is 17.7 Å². The van der Waals surface area contributed by atoms with Gasteiger partial charge < -0.3 is 26.2 Å². The van der Waals surface area contributed by atoms with Crippen molar-refractivity contribution in [2.45, 2.75) is 57.9 Å². The lowest BCUT2D eigenvalue weighted by atomic mass is 9.94. The van der Waals surface area contributed by atoms with Crippen LogP contribution in [0.3, 0.4) is 0 Å². The van der Waals surface area contributed by atoms with Gasteiger partial charge in [0.25, 0.3) is 5.91 Å². The Morgan fingerprint density at radius 3 is 2.07 bits per heavy atom. The molecule has 3 amide bonds. The standard InChI is InChI=1S/C32H37F2N3O5/c1-4-35-31(41)29(19(2)3)37-28(39)18-27(38)26(16-20-14-22(33)17-23(34)15-20)36-32(42)30(40)25-13-9-8-12-24(25)21-10-6-5-7-11-21/h5-15,17,19,26-27,29-30,38,40H,4,16,18H2,1-3H3,(H,35,41)(H,36,42)(H,37,39)/t26-,27+,29-,30?/m0/s1. The molecule has 0 fully saturated rings. The zero-order valence-electron chi connectivity index (χ0n) is 23.8. The Kier molecular flexibility index (Phi) is 11.7. The van der Waals surface area contributed by atoms with Gasteiger partial charge in [-0.1, -0.05) is 68.4 Å². The van der Waals surface area contributed by atoms with E-state index in [1.807, 2.05) is 30.3 Å². The summed E-state index contributed by atoms with van der Waals surface area (Å²) in [5.74, 6) is -3.85. The van der Waals surface area contributed by atoms with Crippen LogP contribution >= 0.6 is 0 Å². The van der Waals surface area contributed by atoms with Gasteiger partial charge in [-0.15, -0.1) is 0 Å². The van der Waals surface area contributed by atoms with Crippen LogP contribution in [0.5, 0.6) is 0 Å². The number of aliphatic hydroxyl groups is 2. The van der Waals surface area contributed by atoms with Gasteiger partial charge in [-0.25, -0.2) is 8.78 Å². The summed E-state index contributed by atoms with van der Waals surface area (Å²) in [4.78, 5) is 38.5. The van der Waals surface area contributed by atoms with Crippen LogP contribution in [0.25, 0.3) is 11.1 Å². The van der Waals surface area contributed by atoms with Crippen LogP contribution in [0.2, 0.25) is 0 Å². The van der Waals surface area contributed by atoms with Crippen molar-refractivity contribution in [3.8, 4) is 11.1 Å². The molecule has 4 atom stereocenters. The van der Waals surface area contributed by atoms with Crippen LogP contribution in [-0.2, 0) is 20.8 Å². The SMILES string of the molecule is CCNC(=O)[C@@H](NC(=O)C[C@@H](O)[C@H](Cc1cc(F)cc(F)c1)NC(=O)C(O)c1ccccc1-c1ccccc1)C(C)C. The molecule has 5 N–H and O–H groups in total. The second-order valence-corrected chi connectivity index (χ2v) is 10.4. The van der Waals surface area contributed by atoms with Crippen molar-refractivity contribution in [3.05, 3.63) is 95.6 Å². The van der Waals surface area contributed by atoms with Crippen molar-refractivity contribution in [2.24, 2.45) is 5.92 Å². The number of carbonyl (C=O) groups excluding carboxylic acids is 3. The molecule has 0 spiro atoms. The van der Waals surface area contributed by atoms with E-state index in [1.54, 1.807) is 45.0 Å². The number of nitrogens with one attached hydrogen (secondary N) is 3. The van der Waals surface area contributed by atoms with E-state index in [0.29, 0.717) is 23.7 Å². The number of carbonyl (C=O) groups is 3. The number of likely N-dealkylation sites (N-methyl/N-ethyl adjacent to an activating group) is 1. The van der Waals surface area contributed by atoms with E-state index in [4.69, 9.17) is 0 Å². The van der Waals surface area contributed by atoms with Gasteiger partial charge in [0.1, 0.15) is 17.7 Å². The molecular weight excluding hydrogens is 544 g/mol. The van der Waals surface area contributed by atoms with Crippen LogP contribution < -0.4 is 16.0 Å². The smallest absolute Gasteiger partial charge is 0.253 e. The third-order valence-corrected chi connectivity index (χ3v) is 6.77. The Morgan fingerprint density at radius 1 is 0.833 bits per heavy atom. The van der Waals surface area contributed by atoms with Crippen molar-refractivity contribution in [2.75, 3.05) is 6.54 Å². The Bertz CT molecular complexity index is 1350. The van der Waals surface area contributed by atoms with Gasteiger partial charge in [-0.2, -0.15) is 0 Å². The van der Waals surface area contributed by atoms with Crippen LogP contribution in [0.15, 0.2) is 72.8 Å². The molecule has 1 unspecified atom stereocenters. The Hall–Kier alpha value is -4.15. The van der Waals surface area contributed by atoms with Crippen molar-refractivity contribution in [1.82, 2.24) is 16.0 Å². The molecule has 0 radical (unpaired) electrons. The minimum absolute atomic E-state index is 0.124. The molecule has 0 saturated carbocycles. The lowest BCUT2D eigenvalue weighted by Crippen LogP contribution is -2.52.